The molecule has 1 N–H and O–H groups in total. The van der Waals surface area contributed by atoms with E-state index in [0.29, 0.717) is 0 Å². The molecule has 0 bridgehead atoms. The van der Waals surface area contributed by atoms with Crippen LogP contribution in [0.25, 0.3) is 0 Å². The van der Waals surface area contributed by atoms with Crippen LogP contribution in [0.2, 0.25) is 0 Å². The molecule has 1 saturated carbocycles. The molecule has 1 unspecified atom stereocenters. The van der Waals surface area contributed by atoms with E-state index < -0.39 is 0 Å². The van der Waals surface area contributed by atoms with Crippen molar-refractivity contribution in [1.29, 1.82) is 0 Å². The van der Waals surface area contributed by atoms with Crippen LogP contribution in [0.1, 0.15) is 57.6 Å². The molecule has 1 aromatic heterocycles. The fourth-order valence-electron chi connectivity index (χ4n) is 3.35. The highest BCUT2D eigenvalue weighted by Gasteiger charge is 2.42. The van der Waals surface area contributed by atoms with E-state index in [2.05, 4.69) is 30.5 Å². The van der Waals surface area contributed by atoms with Crippen molar-refractivity contribution in [3.8, 4) is 0 Å². The van der Waals surface area contributed by atoms with Crippen LogP contribution in [0, 0.1) is 5.92 Å². The van der Waals surface area contributed by atoms with Gasteiger partial charge in [-0.25, -0.2) is 0 Å². The van der Waals surface area contributed by atoms with Crippen molar-refractivity contribution < 1.29 is 4.74 Å². The molecule has 1 aromatic rings. The highest BCUT2D eigenvalue weighted by atomic mass is 16.5. The van der Waals surface area contributed by atoms with Crippen LogP contribution in [0.5, 0.6) is 0 Å². The molecule has 1 aliphatic rings. The summed E-state index contributed by atoms with van der Waals surface area (Å²) in [6, 6.07) is 0.244. The van der Waals surface area contributed by atoms with Crippen molar-refractivity contribution in [3.05, 3.63) is 18.0 Å². The topological polar surface area (TPSA) is 39.1 Å². The Hall–Kier alpha value is -0.870. The maximum Gasteiger partial charge on any atom is 0.0873 e. The Kier molecular flexibility index (Phi) is 5.22. The number of aromatic nitrogens is 2. The molecule has 1 fully saturated rings. The minimum absolute atomic E-state index is 0.0787. The zero-order valence-electron chi connectivity index (χ0n) is 13.4. The first-order valence-electron chi connectivity index (χ1n) is 7.88. The molecule has 1 atom stereocenters. The fraction of sp³-hybridized carbons (Fsp3) is 0.812. The van der Waals surface area contributed by atoms with Gasteiger partial charge >= 0.3 is 0 Å². The van der Waals surface area contributed by atoms with Gasteiger partial charge in [-0.15, -0.1) is 0 Å². The molecular weight excluding hydrogens is 250 g/mol. The summed E-state index contributed by atoms with van der Waals surface area (Å²) in [7, 11) is 3.84. The molecule has 1 aliphatic carbocycles. The van der Waals surface area contributed by atoms with Crippen LogP contribution >= 0.6 is 0 Å². The van der Waals surface area contributed by atoms with Crippen LogP contribution in [0.15, 0.2) is 12.4 Å². The Bertz CT molecular complexity index is 408. The van der Waals surface area contributed by atoms with Gasteiger partial charge in [0.05, 0.1) is 17.8 Å². The highest BCUT2D eigenvalue weighted by molar-refractivity contribution is 5.17. The van der Waals surface area contributed by atoms with E-state index in [1.165, 1.54) is 18.4 Å². The molecule has 4 nitrogen and oxygen atoms in total. The maximum atomic E-state index is 6.05. The van der Waals surface area contributed by atoms with Gasteiger partial charge in [-0.1, -0.05) is 13.8 Å². The Balaban J connectivity index is 2.23. The van der Waals surface area contributed by atoms with E-state index in [1.807, 2.05) is 25.0 Å². The number of rotatable bonds is 6. The van der Waals surface area contributed by atoms with E-state index >= 15 is 0 Å². The summed E-state index contributed by atoms with van der Waals surface area (Å²) in [5.74, 6) is 0.819. The van der Waals surface area contributed by atoms with Crippen molar-refractivity contribution in [2.24, 2.45) is 13.0 Å². The highest BCUT2D eigenvalue weighted by Crippen LogP contribution is 2.42. The molecule has 0 radical (unpaired) electrons. The van der Waals surface area contributed by atoms with Crippen molar-refractivity contribution in [2.75, 3.05) is 13.7 Å². The molecule has 2 rings (SSSR count). The summed E-state index contributed by atoms with van der Waals surface area (Å²) in [5, 5.41) is 8.04. The molecule has 1 heterocycles. The summed E-state index contributed by atoms with van der Waals surface area (Å²) in [4.78, 5) is 0. The van der Waals surface area contributed by atoms with E-state index in [4.69, 9.17) is 4.74 Å². The van der Waals surface area contributed by atoms with Crippen LogP contribution < -0.4 is 5.32 Å². The third-order valence-corrected chi connectivity index (χ3v) is 4.71. The molecule has 0 aliphatic heterocycles. The monoisotopic (exact) mass is 279 g/mol. The molecule has 0 spiro atoms. The first-order chi connectivity index (χ1) is 9.61. The Labute approximate surface area is 122 Å². The van der Waals surface area contributed by atoms with Gasteiger partial charge in [0.15, 0.2) is 0 Å². The van der Waals surface area contributed by atoms with Crippen molar-refractivity contribution in [3.63, 3.8) is 0 Å². The summed E-state index contributed by atoms with van der Waals surface area (Å²) >= 11 is 0. The Morgan fingerprint density at radius 1 is 1.50 bits per heavy atom. The lowest BCUT2D eigenvalue weighted by Crippen LogP contribution is -2.48. The molecule has 114 valence electrons. The van der Waals surface area contributed by atoms with Crippen LogP contribution in [-0.4, -0.2) is 29.0 Å². The second-order valence-corrected chi connectivity index (χ2v) is 6.29. The maximum absolute atomic E-state index is 6.05. The van der Waals surface area contributed by atoms with E-state index in [0.717, 1.165) is 31.7 Å². The molecule has 0 saturated heterocycles. The molecule has 0 amide bonds. The predicted molar refractivity (Wildman–Crippen MR) is 81.6 cm³/mol. The minimum atomic E-state index is -0.0787. The predicted octanol–water partition coefficient (Wildman–Crippen LogP) is 3.06. The number of methoxy groups -OCH3 is 1. The summed E-state index contributed by atoms with van der Waals surface area (Å²) in [6.07, 6.45) is 9.98. The van der Waals surface area contributed by atoms with Gasteiger partial charge in [-0.05, 0) is 44.6 Å². The summed E-state index contributed by atoms with van der Waals surface area (Å²) in [6.45, 7) is 5.56. The van der Waals surface area contributed by atoms with E-state index in [-0.39, 0.29) is 11.6 Å². The van der Waals surface area contributed by atoms with Gasteiger partial charge in [0.1, 0.15) is 0 Å². The number of ether oxygens (including phenoxy) is 1. The Morgan fingerprint density at radius 2 is 2.20 bits per heavy atom. The lowest BCUT2D eigenvalue weighted by atomic mass is 9.74. The number of hydrogen-bond acceptors (Lipinski definition) is 3. The zero-order chi connectivity index (χ0) is 14.6. The van der Waals surface area contributed by atoms with Crippen LogP contribution in [-0.2, 0) is 11.8 Å². The van der Waals surface area contributed by atoms with Crippen LogP contribution in [0.4, 0.5) is 0 Å². The van der Waals surface area contributed by atoms with Gasteiger partial charge in [0, 0.05) is 25.9 Å². The smallest absolute Gasteiger partial charge is 0.0873 e. The third-order valence-electron chi connectivity index (χ3n) is 4.71. The molecule has 0 aromatic carbocycles. The van der Waals surface area contributed by atoms with Crippen LogP contribution in [0.3, 0.4) is 0 Å². The van der Waals surface area contributed by atoms with Crippen molar-refractivity contribution in [1.82, 2.24) is 15.1 Å². The first kappa shape index (κ1) is 15.5. The standard InChI is InChI=1S/C16H29N3O/c1-5-10-17-15(14-11-18-19(3)12-14)16(20-4)8-6-13(2)7-9-16/h11-13,15,17H,5-10H2,1-4H3. The van der Waals surface area contributed by atoms with Gasteiger partial charge in [-0.2, -0.15) is 5.10 Å². The molecular formula is C16H29N3O. The number of nitrogens with zero attached hydrogens (tertiary/aromatic N) is 2. The lowest BCUT2D eigenvalue weighted by molar-refractivity contribution is -0.0760. The third kappa shape index (κ3) is 3.23. The van der Waals surface area contributed by atoms with E-state index in [1.54, 1.807) is 0 Å². The average molecular weight is 279 g/mol. The number of nitrogens with one attached hydrogen (secondary N) is 1. The second-order valence-electron chi connectivity index (χ2n) is 6.29. The zero-order valence-corrected chi connectivity index (χ0v) is 13.4. The molecule has 4 heteroatoms. The number of hydrogen-bond donors (Lipinski definition) is 1. The average Bonchev–Trinajstić information content (AvgIpc) is 2.88. The largest absolute Gasteiger partial charge is 0.376 e. The van der Waals surface area contributed by atoms with Gasteiger partial charge < -0.3 is 10.1 Å². The lowest BCUT2D eigenvalue weighted by Gasteiger charge is -2.44. The summed E-state index contributed by atoms with van der Waals surface area (Å²) < 4.78 is 7.93. The van der Waals surface area contributed by atoms with Crippen molar-refractivity contribution in [2.45, 2.75) is 57.6 Å². The van der Waals surface area contributed by atoms with Gasteiger partial charge in [0.25, 0.3) is 0 Å². The summed E-state index contributed by atoms with van der Waals surface area (Å²) in [5.41, 5.74) is 1.17. The van der Waals surface area contributed by atoms with Crippen molar-refractivity contribution >= 4 is 0 Å². The SMILES string of the molecule is CCCNC(c1cnn(C)c1)C1(OC)CCC(C)CC1. The normalized spacial score (nSPS) is 28.5. The Morgan fingerprint density at radius 3 is 2.70 bits per heavy atom. The fourth-order valence-corrected chi connectivity index (χ4v) is 3.35. The van der Waals surface area contributed by atoms with E-state index in [9.17, 15) is 0 Å². The molecule has 20 heavy (non-hydrogen) atoms. The first-order valence-corrected chi connectivity index (χ1v) is 7.88. The van der Waals surface area contributed by atoms with Gasteiger partial charge in [0.2, 0.25) is 0 Å². The minimum Gasteiger partial charge on any atom is -0.376 e. The van der Waals surface area contributed by atoms with Gasteiger partial charge in [-0.3, -0.25) is 4.68 Å². The second kappa shape index (κ2) is 6.72. The number of aryl methyl sites for hydroxylation is 1. The quantitative estimate of drug-likeness (QED) is 0.870.